The number of tetrazole rings is 1. The fourth-order valence-corrected chi connectivity index (χ4v) is 3.69. The third-order valence-corrected chi connectivity index (χ3v) is 5.11. The Labute approximate surface area is 205 Å². The van der Waals surface area contributed by atoms with Crippen molar-refractivity contribution in [2.24, 2.45) is 5.92 Å². The minimum absolute atomic E-state index is 0.147. The Bertz CT molecular complexity index is 1160. The van der Waals surface area contributed by atoms with E-state index in [1.807, 2.05) is 47.6 Å². The number of methoxy groups -OCH3 is 1. The third kappa shape index (κ3) is 6.68. The Morgan fingerprint density at radius 1 is 1.17 bits per heavy atom. The molecule has 0 aliphatic carbocycles. The van der Waals surface area contributed by atoms with Crippen molar-refractivity contribution in [3.05, 3.63) is 42.2 Å². The zero-order valence-electron chi connectivity index (χ0n) is 21.4. The van der Waals surface area contributed by atoms with Crippen LogP contribution in [0.2, 0.25) is 0 Å². The molecular weight excluding hydrogens is 448 g/mol. The van der Waals surface area contributed by atoms with Crippen molar-refractivity contribution in [3.63, 3.8) is 0 Å². The van der Waals surface area contributed by atoms with Gasteiger partial charge in [0.15, 0.2) is 5.76 Å². The maximum Gasteiger partial charge on any atom is 0.251 e. The van der Waals surface area contributed by atoms with E-state index in [1.54, 1.807) is 30.3 Å². The maximum atomic E-state index is 13.8. The zero-order valence-corrected chi connectivity index (χ0v) is 21.4. The Morgan fingerprint density at radius 2 is 1.89 bits per heavy atom. The van der Waals surface area contributed by atoms with E-state index in [4.69, 9.17) is 9.15 Å². The number of carbonyl (C=O) groups is 2. The number of rotatable bonds is 9. The molecule has 35 heavy (non-hydrogen) atoms. The lowest BCUT2D eigenvalue weighted by Gasteiger charge is -2.34. The van der Waals surface area contributed by atoms with Crippen LogP contribution in [-0.2, 0) is 16.1 Å². The Morgan fingerprint density at radius 3 is 2.49 bits per heavy atom. The summed E-state index contributed by atoms with van der Waals surface area (Å²) in [6, 6.07) is 9.92. The second-order valence-corrected chi connectivity index (χ2v) is 9.87. The van der Waals surface area contributed by atoms with Gasteiger partial charge in [0.1, 0.15) is 24.1 Å². The molecule has 1 atom stereocenters. The summed E-state index contributed by atoms with van der Waals surface area (Å²) in [5, 5.41) is 15.4. The summed E-state index contributed by atoms with van der Waals surface area (Å²) < 4.78 is 11.1. The van der Waals surface area contributed by atoms with Gasteiger partial charge in [0.05, 0.1) is 12.8 Å². The van der Waals surface area contributed by atoms with E-state index in [0.717, 1.165) is 5.76 Å². The topological polar surface area (TPSA) is 115 Å². The largest absolute Gasteiger partial charge is 0.495 e. The van der Waals surface area contributed by atoms with Crippen LogP contribution in [0.1, 0.15) is 46.8 Å². The summed E-state index contributed by atoms with van der Waals surface area (Å²) in [6.07, 6.45) is 0.452. The molecule has 0 unspecified atom stereocenters. The number of nitrogens with one attached hydrogen (secondary N) is 1. The first-order valence-electron chi connectivity index (χ1n) is 11.6. The lowest BCUT2D eigenvalue weighted by atomic mass is 9.98. The van der Waals surface area contributed by atoms with Gasteiger partial charge in [0.2, 0.25) is 11.7 Å². The molecule has 10 nitrogen and oxygen atoms in total. The normalized spacial score (nSPS) is 12.5. The number of benzene rings is 1. The average molecular weight is 483 g/mol. The van der Waals surface area contributed by atoms with Crippen LogP contribution in [0.3, 0.4) is 0 Å². The fraction of sp³-hybridized carbons (Fsp3) is 0.480. The molecule has 0 saturated heterocycles. The van der Waals surface area contributed by atoms with E-state index in [-0.39, 0.29) is 30.1 Å². The first-order chi connectivity index (χ1) is 16.5. The smallest absolute Gasteiger partial charge is 0.251 e. The predicted molar refractivity (Wildman–Crippen MR) is 132 cm³/mol. The molecule has 2 aromatic heterocycles. The predicted octanol–water partition coefficient (Wildman–Crippen LogP) is 3.61. The first kappa shape index (κ1) is 25.9. The van der Waals surface area contributed by atoms with Gasteiger partial charge >= 0.3 is 0 Å². The number of carbonyl (C=O) groups excluding carboxylic acids is 2. The highest BCUT2D eigenvalue weighted by Crippen LogP contribution is 2.31. The molecule has 3 rings (SSSR count). The van der Waals surface area contributed by atoms with Crippen molar-refractivity contribution in [2.75, 3.05) is 12.0 Å². The molecule has 1 aromatic carbocycles. The summed E-state index contributed by atoms with van der Waals surface area (Å²) in [7, 11) is 1.53. The lowest BCUT2D eigenvalue weighted by Crippen LogP contribution is -2.55. The van der Waals surface area contributed by atoms with Crippen LogP contribution in [0.5, 0.6) is 5.75 Å². The molecule has 188 valence electrons. The standard InChI is InChI=1S/C25H34N6O4/c1-16(2)14-19(24(33)26-25(4,5)6)31(18-10-8-9-11-20(18)34-7)22(32)15-30-28-23(27-29-30)21-13-12-17(3)35-21/h8-13,16,19H,14-15H2,1-7H3,(H,26,33)/t19-/m1/s1. The molecule has 0 aliphatic heterocycles. The summed E-state index contributed by atoms with van der Waals surface area (Å²) >= 11 is 0. The molecular formula is C25H34N6O4. The van der Waals surface area contributed by atoms with Gasteiger partial charge in [-0.15, -0.1) is 10.2 Å². The molecule has 1 N–H and O–H groups in total. The summed E-state index contributed by atoms with van der Waals surface area (Å²) in [6.45, 7) is 11.3. The number of aromatic nitrogens is 4. The first-order valence-corrected chi connectivity index (χ1v) is 11.6. The van der Waals surface area contributed by atoms with Gasteiger partial charge < -0.3 is 14.5 Å². The number of hydrogen-bond acceptors (Lipinski definition) is 7. The van der Waals surface area contributed by atoms with Gasteiger partial charge in [0, 0.05) is 5.54 Å². The number of aryl methyl sites for hydroxylation is 1. The van der Waals surface area contributed by atoms with Crippen molar-refractivity contribution in [2.45, 2.75) is 66.1 Å². The molecule has 0 saturated carbocycles. The minimum atomic E-state index is -0.770. The Hall–Kier alpha value is -3.69. The molecule has 3 aromatic rings. The molecule has 0 spiro atoms. The van der Waals surface area contributed by atoms with Gasteiger partial charge in [-0.05, 0) is 69.5 Å². The van der Waals surface area contributed by atoms with E-state index in [0.29, 0.717) is 23.6 Å². The fourth-order valence-electron chi connectivity index (χ4n) is 3.69. The number of amides is 2. The molecule has 2 amide bonds. The molecule has 0 aliphatic rings. The van der Waals surface area contributed by atoms with E-state index in [9.17, 15) is 9.59 Å². The van der Waals surface area contributed by atoms with Crippen molar-refractivity contribution < 1.29 is 18.7 Å². The van der Waals surface area contributed by atoms with Gasteiger partial charge in [-0.1, -0.05) is 26.0 Å². The SMILES string of the molecule is COc1ccccc1N(C(=O)Cn1nnc(-c2ccc(C)o2)n1)[C@H](CC(C)C)C(=O)NC(C)(C)C. The van der Waals surface area contributed by atoms with E-state index in [2.05, 4.69) is 20.7 Å². The summed E-state index contributed by atoms with van der Waals surface area (Å²) in [5.41, 5.74) is 0.0300. The van der Waals surface area contributed by atoms with E-state index in [1.165, 1.54) is 16.8 Å². The number of hydrogen-bond donors (Lipinski definition) is 1. The highest BCUT2D eigenvalue weighted by molar-refractivity contribution is 6.01. The highest BCUT2D eigenvalue weighted by atomic mass is 16.5. The molecule has 0 fully saturated rings. The van der Waals surface area contributed by atoms with Crippen LogP contribution in [-0.4, -0.2) is 50.7 Å². The number of nitrogens with zero attached hydrogens (tertiary/aromatic N) is 5. The van der Waals surface area contributed by atoms with Gasteiger partial charge in [-0.25, -0.2) is 0 Å². The number of para-hydroxylation sites is 2. The second-order valence-electron chi connectivity index (χ2n) is 9.87. The molecule has 2 heterocycles. The number of ether oxygens (including phenoxy) is 1. The lowest BCUT2D eigenvalue weighted by molar-refractivity contribution is -0.128. The van der Waals surface area contributed by atoms with Gasteiger partial charge in [-0.3, -0.25) is 14.5 Å². The van der Waals surface area contributed by atoms with Crippen LogP contribution >= 0.6 is 0 Å². The van der Waals surface area contributed by atoms with Crippen LogP contribution in [0.25, 0.3) is 11.6 Å². The highest BCUT2D eigenvalue weighted by Gasteiger charge is 2.35. The Kier molecular flexibility index (Phi) is 7.93. The van der Waals surface area contributed by atoms with Crippen LogP contribution in [0.4, 0.5) is 5.69 Å². The summed E-state index contributed by atoms with van der Waals surface area (Å²) in [4.78, 5) is 29.9. The van der Waals surface area contributed by atoms with Crippen molar-refractivity contribution >= 4 is 17.5 Å². The molecule has 0 bridgehead atoms. The van der Waals surface area contributed by atoms with Gasteiger partial charge in [-0.2, -0.15) is 4.80 Å². The monoisotopic (exact) mass is 482 g/mol. The zero-order chi connectivity index (χ0) is 25.8. The number of furan rings is 1. The van der Waals surface area contributed by atoms with Crippen molar-refractivity contribution in [1.82, 2.24) is 25.5 Å². The van der Waals surface area contributed by atoms with E-state index >= 15 is 0 Å². The van der Waals surface area contributed by atoms with Crippen molar-refractivity contribution in [1.29, 1.82) is 0 Å². The summed E-state index contributed by atoms with van der Waals surface area (Å²) in [5.74, 6) is 1.47. The molecule has 0 radical (unpaired) electrons. The second kappa shape index (κ2) is 10.7. The van der Waals surface area contributed by atoms with Crippen LogP contribution < -0.4 is 15.0 Å². The van der Waals surface area contributed by atoms with Crippen molar-refractivity contribution in [3.8, 4) is 17.3 Å². The minimum Gasteiger partial charge on any atom is -0.495 e. The van der Waals surface area contributed by atoms with Crippen LogP contribution in [0.15, 0.2) is 40.8 Å². The average Bonchev–Trinajstić information content (AvgIpc) is 3.41. The van der Waals surface area contributed by atoms with Gasteiger partial charge in [0.25, 0.3) is 5.91 Å². The number of anilines is 1. The third-order valence-electron chi connectivity index (χ3n) is 5.11. The van der Waals surface area contributed by atoms with Crippen LogP contribution in [0, 0.1) is 12.8 Å². The quantitative estimate of drug-likeness (QED) is 0.495. The molecule has 10 heteroatoms. The van der Waals surface area contributed by atoms with E-state index < -0.39 is 11.6 Å². The Balaban J connectivity index is 1.99. The maximum absolute atomic E-state index is 13.8.